The topological polar surface area (TPSA) is 118 Å². The quantitative estimate of drug-likeness (QED) is 0.537. The molecule has 2 aromatic rings. The van der Waals surface area contributed by atoms with Crippen LogP contribution < -0.4 is 21.8 Å². The molecule has 0 amide bonds. The predicted octanol–water partition coefficient (Wildman–Crippen LogP) is -0.789. The Morgan fingerprint density at radius 1 is 1.09 bits per heavy atom. The van der Waals surface area contributed by atoms with E-state index in [0.717, 1.165) is 13.7 Å². The first-order valence-electron chi connectivity index (χ1n) is 6.46. The van der Waals surface area contributed by atoms with E-state index in [1.807, 2.05) is 0 Å². The number of methoxy groups -OCH3 is 1. The molecule has 0 unspecified atom stereocenters. The average molecular weight is 322 g/mol. The molecule has 23 heavy (non-hydrogen) atoms. The first-order chi connectivity index (χ1) is 10.8. The zero-order valence-corrected chi connectivity index (χ0v) is 12.7. The third kappa shape index (κ3) is 2.78. The van der Waals surface area contributed by atoms with Gasteiger partial charge >= 0.3 is 22.8 Å². The molecule has 0 saturated carbocycles. The first-order valence-corrected chi connectivity index (χ1v) is 6.46. The third-order valence-electron chi connectivity index (χ3n) is 3.39. The summed E-state index contributed by atoms with van der Waals surface area (Å²) in [6, 6.07) is 4.10. The number of hydrogen-bond acceptors (Lipinski definition) is 6. The van der Waals surface area contributed by atoms with Crippen LogP contribution in [0.1, 0.15) is 5.56 Å². The van der Waals surface area contributed by atoms with Gasteiger partial charge in [0, 0.05) is 20.2 Å². The Labute approximate surface area is 128 Å². The highest BCUT2D eigenvalue weighted by atomic mass is 16.6. The van der Waals surface area contributed by atoms with Crippen LogP contribution in [0.4, 0.5) is 5.69 Å². The van der Waals surface area contributed by atoms with Gasteiger partial charge in [-0.3, -0.25) is 10.1 Å². The average Bonchev–Trinajstić information content (AvgIpc) is 2.54. The second-order valence-electron chi connectivity index (χ2n) is 4.82. The smallest absolute Gasteiger partial charge is 0.336 e. The molecule has 0 aliphatic carbocycles. The molecule has 1 heterocycles. The SMILES string of the molecule is COc1ccc(Cn2c(=O)n(C)c(=O)n(C)c2=O)cc1[N+](=O)[O-]. The molecule has 0 N–H and O–H groups in total. The molecular weight excluding hydrogens is 308 g/mol. The summed E-state index contributed by atoms with van der Waals surface area (Å²) in [5.74, 6) is 0.0689. The van der Waals surface area contributed by atoms with Crippen molar-refractivity contribution in [3.8, 4) is 5.75 Å². The number of aromatic nitrogens is 3. The Morgan fingerprint density at radius 3 is 2.13 bits per heavy atom. The van der Waals surface area contributed by atoms with Crippen molar-refractivity contribution in [1.82, 2.24) is 13.7 Å². The van der Waals surface area contributed by atoms with Crippen molar-refractivity contribution in [2.24, 2.45) is 14.1 Å². The van der Waals surface area contributed by atoms with Gasteiger partial charge in [0.2, 0.25) is 0 Å². The van der Waals surface area contributed by atoms with Crippen LogP contribution in [-0.4, -0.2) is 25.7 Å². The van der Waals surface area contributed by atoms with E-state index in [-0.39, 0.29) is 18.0 Å². The van der Waals surface area contributed by atoms with E-state index in [4.69, 9.17) is 4.74 Å². The van der Waals surface area contributed by atoms with Crippen LogP contribution in [0, 0.1) is 10.1 Å². The van der Waals surface area contributed by atoms with Gasteiger partial charge in [0.25, 0.3) is 0 Å². The highest BCUT2D eigenvalue weighted by Crippen LogP contribution is 2.27. The fraction of sp³-hybridized carbons (Fsp3) is 0.308. The van der Waals surface area contributed by atoms with E-state index in [1.165, 1.54) is 39.4 Å². The fourth-order valence-corrected chi connectivity index (χ4v) is 2.13. The summed E-state index contributed by atoms with van der Waals surface area (Å²) in [6.45, 7) is -0.204. The van der Waals surface area contributed by atoms with Crippen molar-refractivity contribution in [3.05, 3.63) is 65.3 Å². The monoisotopic (exact) mass is 322 g/mol. The van der Waals surface area contributed by atoms with Crippen LogP contribution in [0.2, 0.25) is 0 Å². The number of hydrogen-bond donors (Lipinski definition) is 0. The minimum absolute atomic E-state index is 0.0689. The van der Waals surface area contributed by atoms with E-state index in [0.29, 0.717) is 5.56 Å². The van der Waals surface area contributed by atoms with Gasteiger partial charge in [-0.1, -0.05) is 6.07 Å². The summed E-state index contributed by atoms with van der Waals surface area (Å²) in [4.78, 5) is 46.2. The summed E-state index contributed by atoms with van der Waals surface area (Å²) in [5.41, 5.74) is -2.25. The molecule has 0 aliphatic heterocycles. The van der Waals surface area contributed by atoms with Crippen LogP contribution in [0.5, 0.6) is 5.75 Å². The lowest BCUT2D eigenvalue weighted by atomic mass is 10.2. The number of nitrogens with zero attached hydrogens (tertiary/aromatic N) is 4. The number of nitro groups is 1. The molecule has 1 aromatic carbocycles. The van der Waals surface area contributed by atoms with Crippen LogP contribution in [0.3, 0.4) is 0 Å². The highest BCUT2D eigenvalue weighted by molar-refractivity contribution is 5.48. The maximum Gasteiger partial charge on any atom is 0.336 e. The second kappa shape index (κ2) is 5.91. The molecule has 10 nitrogen and oxygen atoms in total. The van der Waals surface area contributed by atoms with Crippen molar-refractivity contribution in [2.75, 3.05) is 7.11 Å². The zero-order valence-electron chi connectivity index (χ0n) is 12.7. The summed E-state index contributed by atoms with van der Waals surface area (Å²) >= 11 is 0. The van der Waals surface area contributed by atoms with Crippen molar-refractivity contribution in [3.63, 3.8) is 0 Å². The molecule has 0 saturated heterocycles. The van der Waals surface area contributed by atoms with E-state index in [2.05, 4.69) is 0 Å². The lowest BCUT2D eigenvalue weighted by molar-refractivity contribution is -0.385. The van der Waals surface area contributed by atoms with E-state index in [1.54, 1.807) is 0 Å². The van der Waals surface area contributed by atoms with Crippen LogP contribution >= 0.6 is 0 Å². The standard InChI is InChI=1S/C13H14N4O6/c1-14-11(18)15(2)13(20)16(12(14)19)7-8-4-5-10(23-3)9(6-8)17(21)22/h4-6H,7H2,1-3H3. The van der Waals surface area contributed by atoms with Gasteiger partial charge < -0.3 is 4.74 Å². The van der Waals surface area contributed by atoms with E-state index in [9.17, 15) is 24.5 Å². The Hall–Kier alpha value is -3.17. The van der Waals surface area contributed by atoms with Gasteiger partial charge in [0.1, 0.15) is 0 Å². The van der Waals surface area contributed by atoms with Gasteiger partial charge in [0.15, 0.2) is 5.75 Å². The third-order valence-corrected chi connectivity index (χ3v) is 3.39. The first kappa shape index (κ1) is 16.2. The molecule has 0 spiro atoms. The van der Waals surface area contributed by atoms with Crippen LogP contribution in [0.25, 0.3) is 0 Å². The van der Waals surface area contributed by atoms with Gasteiger partial charge in [-0.15, -0.1) is 0 Å². The summed E-state index contributed by atoms with van der Waals surface area (Å²) in [6.07, 6.45) is 0. The minimum atomic E-state index is -0.795. The fourth-order valence-electron chi connectivity index (χ4n) is 2.13. The maximum atomic E-state index is 12.1. The molecule has 1 aromatic heterocycles. The molecule has 10 heteroatoms. The minimum Gasteiger partial charge on any atom is -0.490 e. The largest absolute Gasteiger partial charge is 0.490 e. The molecule has 122 valence electrons. The van der Waals surface area contributed by atoms with E-state index < -0.39 is 22.0 Å². The number of benzene rings is 1. The maximum absolute atomic E-state index is 12.1. The molecule has 0 fully saturated rings. The molecular formula is C13H14N4O6. The molecule has 2 rings (SSSR count). The van der Waals surface area contributed by atoms with Gasteiger partial charge in [-0.2, -0.15) is 0 Å². The van der Waals surface area contributed by atoms with E-state index >= 15 is 0 Å². The second-order valence-corrected chi connectivity index (χ2v) is 4.82. The Bertz CT molecular complexity index is 912. The number of rotatable bonds is 4. The Balaban J connectivity index is 2.59. The van der Waals surface area contributed by atoms with Crippen molar-refractivity contribution < 1.29 is 9.66 Å². The number of nitro benzene ring substituents is 1. The molecule has 0 radical (unpaired) electrons. The Morgan fingerprint density at radius 2 is 1.65 bits per heavy atom. The van der Waals surface area contributed by atoms with Crippen LogP contribution in [0.15, 0.2) is 32.6 Å². The van der Waals surface area contributed by atoms with Gasteiger partial charge in [-0.25, -0.2) is 28.1 Å². The molecule has 0 bridgehead atoms. The predicted molar refractivity (Wildman–Crippen MR) is 79.9 cm³/mol. The Kier molecular flexibility index (Phi) is 4.16. The molecule has 0 aliphatic rings. The summed E-state index contributed by atoms with van der Waals surface area (Å²) < 4.78 is 7.30. The number of ether oxygens (including phenoxy) is 1. The van der Waals surface area contributed by atoms with Crippen molar-refractivity contribution in [2.45, 2.75) is 6.54 Å². The highest BCUT2D eigenvalue weighted by Gasteiger charge is 2.17. The van der Waals surface area contributed by atoms with Gasteiger partial charge in [-0.05, 0) is 11.6 Å². The summed E-state index contributed by atoms with van der Waals surface area (Å²) in [7, 11) is 3.80. The summed E-state index contributed by atoms with van der Waals surface area (Å²) in [5, 5.41) is 11.0. The lowest BCUT2D eigenvalue weighted by Gasteiger charge is -2.09. The normalized spacial score (nSPS) is 10.6. The molecule has 0 atom stereocenters. The van der Waals surface area contributed by atoms with Crippen molar-refractivity contribution in [1.29, 1.82) is 0 Å². The van der Waals surface area contributed by atoms with Gasteiger partial charge in [0.05, 0.1) is 18.6 Å². The zero-order chi connectivity index (χ0) is 17.3. The van der Waals surface area contributed by atoms with Crippen molar-refractivity contribution >= 4 is 5.69 Å². The lowest BCUT2D eigenvalue weighted by Crippen LogP contribution is -2.52. The van der Waals surface area contributed by atoms with Crippen LogP contribution in [-0.2, 0) is 20.6 Å².